The van der Waals surface area contributed by atoms with Gasteiger partial charge in [-0.2, -0.15) is 0 Å². The van der Waals surface area contributed by atoms with Crippen molar-refractivity contribution >= 4 is 5.96 Å². The van der Waals surface area contributed by atoms with Crippen molar-refractivity contribution in [3.8, 4) is 0 Å². The lowest BCUT2D eigenvalue weighted by atomic mass is 10.0. The molecule has 1 aromatic rings. The molecular weight excluding hydrogens is 324 g/mol. The maximum atomic E-state index is 5.87. The Morgan fingerprint density at radius 3 is 2.54 bits per heavy atom. The number of guanidine groups is 1. The molecule has 2 fully saturated rings. The normalized spacial score (nSPS) is 25.4. The quantitative estimate of drug-likeness (QED) is 0.606. The molecule has 2 atom stereocenters. The number of hydrogen-bond donors (Lipinski definition) is 2. The Morgan fingerprint density at radius 2 is 1.92 bits per heavy atom. The molecule has 2 heterocycles. The van der Waals surface area contributed by atoms with Gasteiger partial charge < -0.3 is 15.4 Å². The second kappa shape index (κ2) is 8.87. The number of nitrogens with zero attached hydrogens (tertiary/aromatic N) is 2. The molecule has 0 aromatic heterocycles. The highest BCUT2D eigenvalue weighted by molar-refractivity contribution is 5.79. The van der Waals surface area contributed by atoms with E-state index in [1.807, 2.05) is 7.05 Å². The van der Waals surface area contributed by atoms with Gasteiger partial charge in [0.25, 0.3) is 0 Å². The minimum atomic E-state index is -0.0665. The second-order valence-corrected chi connectivity index (χ2v) is 7.88. The van der Waals surface area contributed by atoms with Crippen LogP contribution in [0.5, 0.6) is 0 Å². The fourth-order valence-electron chi connectivity index (χ4n) is 3.96. The first kappa shape index (κ1) is 19.2. The Kier molecular flexibility index (Phi) is 6.54. The Hall–Kier alpha value is -1.59. The van der Waals surface area contributed by atoms with E-state index >= 15 is 0 Å². The fourth-order valence-corrected chi connectivity index (χ4v) is 3.96. The number of aliphatic imine (C=N–C) groups is 1. The van der Waals surface area contributed by atoms with E-state index < -0.39 is 0 Å². The van der Waals surface area contributed by atoms with Gasteiger partial charge in [-0.25, -0.2) is 0 Å². The summed E-state index contributed by atoms with van der Waals surface area (Å²) in [7, 11) is 1.84. The van der Waals surface area contributed by atoms with Crippen LogP contribution in [0.25, 0.3) is 0 Å². The molecule has 0 amide bonds. The van der Waals surface area contributed by atoms with Gasteiger partial charge in [-0.1, -0.05) is 29.8 Å². The van der Waals surface area contributed by atoms with Crippen LogP contribution in [0.2, 0.25) is 0 Å². The van der Waals surface area contributed by atoms with Crippen molar-refractivity contribution in [2.45, 2.75) is 51.2 Å². The molecule has 0 aliphatic carbocycles. The SMILES string of the molecule is CN=C(NCC(c1ccc(C)cc1)N1CCCC1)NCC1(C)CCCO1. The van der Waals surface area contributed by atoms with Crippen LogP contribution >= 0.6 is 0 Å². The summed E-state index contributed by atoms with van der Waals surface area (Å²) in [4.78, 5) is 7.00. The average molecular weight is 359 g/mol. The monoisotopic (exact) mass is 358 g/mol. The zero-order valence-corrected chi connectivity index (χ0v) is 16.6. The zero-order valence-electron chi connectivity index (χ0n) is 16.6. The maximum Gasteiger partial charge on any atom is 0.191 e. The summed E-state index contributed by atoms with van der Waals surface area (Å²) in [5, 5.41) is 7.00. The predicted octanol–water partition coefficient (Wildman–Crippen LogP) is 2.87. The van der Waals surface area contributed by atoms with E-state index in [0.29, 0.717) is 6.04 Å². The van der Waals surface area contributed by atoms with Crippen LogP contribution in [0.1, 0.15) is 49.8 Å². The minimum absolute atomic E-state index is 0.0665. The molecule has 3 rings (SSSR count). The van der Waals surface area contributed by atoms with Crippen molar-refractivity contribution in [2.75, 3.05) is 39.8 Å². The average Bonchev–Trinajstić information content (AvgIpc) is 3.32. The van der Waals surface area contributed by atoms with Gasteiger partial charge in [0, 0.05) is 26.7 Å². The van der Waals surface area contributed by atoms with Crippen molar-refractivity contribution in [3.05, 3.63) is 35.4 Å². The highest BCUT2D eigenvalue weighted by Gasteiger charge is 2.30. The summed E-state index contributed by atoms with van der Waals surface area (Å²) in [6.07, 6.45) is 4.85. The van der Waals surface area contributed by atoms with E-state index in [9.17, 15) is 0 Å². The third-order valence-corrected chi connectivity index (χ3v) is 5.66. The van der Waals surface area contributed by atoms with Crippen molar-refractivity contribution in [1.29, 1.82) is 0 Å². The van der Waals surface area contributed by atoms with Gasteiger partial charge in [-0.3, -0.25) is 9.89 Å². The summed E-state index contributed by atoms with van der Waals surface area (Å²) in [6, 6.07) is 9.34. The summed E-state index contributed by atoms with van der Waals surface area (Å²) in [5.41, 5.74) is 2.62. The molecule has 2 N–H and O–H groups in total. The summed E-state index contributed by atoms with van der Waals surface area (Å²) >= 11 is 0. The van der Waals surface area contributed by atoms with E-state index in [1.54, 1.807) is 0 Å². The van der Waals surface area contributed by atoms with Crippen molar-refractivity contribution in [2.24, 2.45) is 4.99 Å². The van der Waals surface area contributed by atoms with Crippen LogP contribution in [0, 0.1) is 6.92 Å². The maximum absolute atomic E-state index is 5.87. The van der Waals surface area contributed by atoms with E-state index in [1.165, 1.54) is 37.1 Å². The number of hydrogen-bond acceptors (Lipinski definition) is 3. The Balaban J connectivity index is 1.59. The first-order valence-electron chi connectivity index (χ1n) is 9.99. The van der Waals surface area contributed by atoms with Gasteiger partial charge >= 0.3 is 0 Å². The number of nitrogens with one attached hydrogen (secondary N) is 2. The van der Waals surface area contributed by atoms with E-state index in [4.69, 9.17) is 4.74 Å². The molecule has 0 spiro atoms. The van der Waals surface area contributed by atoms with E-state index in [-0.39, 0.29) is 5.60 Å². The lowest BCUT2D eigenvalue weighted by Gasteiger charge is -2.30. The molecular formula is C21H34N4O. The fraction of sp³-hybridized carbons (Fsp3) is 0.667. The van der Waals surface area contributed by atoms with Crippen LogP contribution in [0.3, 0.4) is 0 Å². The second-order valence-electron chi connectivity index (χ2n) is 7.88. The first-order valence-corrected chi connectivity index (χ1v) is 9.99. The van der Waals surface area contributed by atoms with Gasteiger partial charge in [-0.05, 0) is 58.2 Å². The smallest absolute Gasteiger partial charge is 0.191 e. The zero-order chi connectivity index (χ0) is 18.4. The summed E-state index contributed by atoms with van der Waals surface area (Å²) in [5.74, 6) is 0.859. The molecule has 0 saturated carbocycles. The lowest BCUT2D eigenvalue weighted by molar-refractivity contribution is 0.0242. The predicted molar refractivity (Wildman–Crippen MR) is 108 cm³/mol. The van der Waals surface area contributed by atoms with Crippen LogP contribution in [-0.4, -0.2) is 56.3 Å². The minimum Gasteiger partial charge on any atom is -0.373 e. The first-order chi connectivity index (χ1) is 12.6. The molecule has 2 unspecified atom stereocenters. The molecule has 0 radical (unpaired) electrons. The van der Waals surface area contributed by atoms with Gasteiger partial charge in [0.1, 0.15) is 0 Å². The number of aryl methyl sites for hydroxylation is 1. The van der Waals surface area contributed by atoms with Gasteiger partial charge in [0.15, 0.2) is 5.96 Å². The van der Waals surface area contributed by atoms with E-state index in [0.717, 1.165) is 38.5 Å². The number of rotatable bonds is 6. The van der Waals surface area contributed by atoms with Crippen molar-refractivity contribution < 1.29 is 4.74 Å². The lowest BCUT2D eigenvalue weighted by Crippen LogP contribution is -2.47. The number of ether oxygens (including phenoxy) is 1. The van der Waals surface area contributed by atoms with Gasteiger partial charge in [-0.15, -0.1) is 0 Å². The number of likely N-dealkylation sites (tertiary alicyclic amines) is 1. The summed E-state index contributed by atoms with van der Waals surface area (Å²) in [6.45, 7) is 9.21. The topological polar surface area (TPSA) is 48.9 Å². The molecule has 0 bridgehead atoms. The molecule has 5 heteroatoms. The van der Waals surface area contributed by atoms with E-state index in [2.05, 4.69) is 58.6 Å². The molecule has 2 aliphatic rings. The largest absolute Gasteiger partial charge is 0.373 e. The molecule has 2 aliphatic heterocycles. The Labute approximate surface area is 158 Å². The van der Waals surface area contributed by atoms with Crippen LogP contribution in [0.15, 0.2) is 29.3 Å². The molecule has 5 nitrogen and oxygen atoms in total. The number of benzene rings is 1. The molecule has 2 saturated heterocycles. The van der Waals surface area contributed by atoms with Crippen molar-refractivity contribution in [3.63, 3.8) is 0 Å². The Morgan fingerprint density at radius 1 is 1.19 bits per heavy atom. The van der Waals surface area contributed by atoms with Gasteiger partial charge in [0.05, 0.1) is 11.6 Å². The third-order valence-electron chi connectivity index (χ3n) is 5.66. The highest BCUT2D eigenvalue weighted by atomic mass is 16.5. The van der Waals surface area contributed by atoms with Crippen LogP contribution in [-0.2, 0) is 4.74 Å². The molecule has 1 aromatic carbocycles. The standard InChI is InChI=1S/C21H34N4O/c1-17-7-9-18(10-8-17)19(25-12-4-5-13-25)15-23-20(22-3)24-16-21(2)11-6-14-26-21/h7-10,19H,4-6,11-16H2,1-3H3,(H2,22,23,24). The molecule has 26 heavy (non-hydrogen) atoms. The van der Waals surface area contributed by atoms with Crippen LogP contribution < -0.4 is 10.6 Å². The Bertz CT molecular complexity index is 587. The van der Waals surface area contributed by atoms with Crippen molar-refractivity contribution in [1.82, 2.24) is 15.5 Å². The van der Waals surface area contributed by atoms with Crippen LogP contribution in [0.4, 0.5) is 0 Å². The third kappa shape index (κ3) is 4.98. The highest BCUT2D eigenvalue weighted by Crippen LogP contribution is 2.25. The van der Waals surface area contributed by atoms with Gasteiger partial charge in [0.2, 0.25) is 0 Å². The molecule has 144 valence electrons. The summed E-state index contributed by atoms with van der Waals surface area (Å²) < 4.78 is 5.87.